The highest BCUT2D eigenvalue weighted by atomic mass is 28.3. The van der Waals surface area contributed by atoms with Gasteiger partial charge in [0.05, 0.1) is 6.21 Å². The van der Waals surface area contributed by atoms with Gasteiger partial charge in [-0.15, -0.1) is 16.6 Å². The van der Waals surface area contributed by atoms with E-state index < -0.39 is 8.07 Å². The van der Waals surface area contributed by atoms with Gasteiger partial charge in [0, 0.05) is 6.42 Å². The van der Waals surface area contributed by atoms with Gasteiger partial charge < -0.3 is 5.21 Å². The summed E-state index contributed by atoms with van der Waals surface area (Å²) in [6.45, 7) is 6.53. The fourth-order valence-corrected chi connectivity index (χ4v) is 1.04. The maximum absolute atomic E-state index is 8.01. The van der Waals surface area contributed by atoms with Gasteiger partial charge in [0.2, 0.25) is 0 Å². The first-order valence-electron chi connectivity index (χ1n) is 3.22. The molecular weight excluding hydrogens is 142 g/mol. The number of nitrogens with zero attached hydrogens (tertiary/aromatic N) is 1. The van der Waals surface area contributed by atoms with E-state index in [9.17, 15) is 0 Å². The highest BCUT2D eigenvalue weighted by molar-refractivity contribution is 6.83. The van der Waals surface area contributed by atoms with Crippen LogP contribution in [0.1, 0.15) is 6.42 Å². The quantitative estimate of drug-likeness (QED) is 0.202. The fourth-order valence-electron chi connectivity index (χ4n) is 0.403. The first kappa shape index (κ1) is 9.25. The monoisotopic (exact) mass is 155 g/mol. The molecule has 0 amide bonds. The minimum absolute atomic E-state index is 0.556. The normalized spacial score (nSPS) is 11.1. The van der Waals surface area contributed by atoms with Crippen molar-refractivity contribution in [2.24, 2.45) is 5.16 Å². The first-order chi connectivity index (χ1) is 4.56. The number of hydrogen-bond acceptors (Lipinski definition) is 2. The summed E-state index contributed by atoms with van der Waals surface area (Å²) >= 11 is 0. The van der Waals surface area contributed by atoms with E-state index in [0.29, 0.717) is 6.42 Å². The second-order valence-corrected chi connectivity index (χ2v) is 7.80. The Morgan fingerprint density at radius 2 is 2.10 bits per heavy atom. The third-order valence-electron chi connectivity index (χ3n) is 0.738. The van der Waals surface area contributed by atoms with E-state index in [4.69, 9.17) is 5.21 Å². The molecule has 0 aliphatic carbocycles. The summed E-state index contributed by atoms with van der Waals surface area (Å²) in [5.41, 5.74) is 3.14. The molecule has 0 aromatic rings. The van der Waals surface area contributed by atoms with Crippen LogP contribution in [-0.4, -0.2) is 19.5 Å². The van der Waals surface area contributed by atoms with Crippen molar-refractivity contribution in [3.8, 4) is 11.5 Å². The minimum Gasteiger partial charge on any atom is -0.411 e. The molecule has 0 fully saturated rings. The number of rotatable bonds is 1. The van der Waals surface area contributed by atoms with Gasteiger partial charge in [-0.3, -0.25) is 0 Å². The van der Waals surface area contributed by atoms with Crippen LogP contribution < -0.4 is 0 Å². The molecule has 0 spiro atoms. The summed E-state index contributed by atoms with van der Waals surface area (Å²) in [7, 11) is -1.21. The Labute approximate surface area is 63.0 Å². The van der Waals surface area contributed by atoms with Crippen LogP contribution in [-0.2, 0) is 0 Å². The van der Waals surface area contributed by atoms with E-state index in [-0.39, 0.29) is 0 Å². The van der Waals surface area contributed by atoms with Gasteiger partial charge in [0.15, 0.2) is 0 Å². The molecule has 1 N–H and O–H groups in total. The van der Waals surface area contributed by atoms with Crippen LogP contribution in [0.4, 0.5) is 0 Å². The van der Waals surface area contributed by atoms with Crippen molar-refractivity contribution < 1.29 is 5.21 Å². The topological polar surface area (TPSA) is 32.6 Å². The molecule has 0 radical (unpaired) electrons. The van der Waals surface area contributed by atoms with Crippen molar-refractivity contribution in [2.45, 2.75) is 26.1 Å². The lowest BCUT2D eigenvalue weighted by atomic mass is 10.5. The van der Waals surface area contributed by atoms with Crippen LogP contribution >= 0.6 is 0 Å². The highest BCUT2D eigenvalue weighted by Crippen LogP contribution is 1.95. The van der Waals surface area contributed by atoms with Gasteiger partial charge in [0.1, 0.15) is 8.07 Å². The SMILES string of the molecule is C[Si](C)(C)C#CCC=NO. The summed E-state index contributed by atoms with van der Waals surface area (Å²) in [6, 6.07) is 0. The van der Waals surface area contributed by atoms with Crippen molar-refractivity contribution in [3.63, 3.8) is 0 Å². The van der Waals surface area contributed by atoms with E-state index in [1.54, 1.807) is 0 Å². The third kappa shape index (κ3) is 7.25. The predicted molar refractivity (Wildman–Crippen MR) is 46.0 cm³/mol. The van der Waals surface area contributed by atoms with Gasteiger partial charge in [-0.25, -0.2) is 0 Å². The summed E-state index contributed by atoms with van der Waals surface area (Å²) < 4.78 is 0. The molecule has 0 atom stereocenters. The molecule has 0 unspecified atom stereocenters. The maximum atomic E-state index is 8.01. The zero-order valence-corrected chi connectivity index (χ0v) is 7.68. The van der Waals surface area contributed by atoms with Gasteiger partial charge >= 0.3 is 0 Å². The molecule has 0 heterocycles. The van der Waals surface area contributed by atoms with E-state index in [1.165, 1.54) is 6.21 Å². The Morgan fingerprint density at radius 1 is 1.50 bits per heavy atom. The molecule has 0 aromatic carbocycles. The lowest BCUT2D eigenvalue weighted by molar-refractivity contribution is 0.321. The van der Waals surface area contributed by atoms with Crippen LogP contribution in [0.5, 0.6) is 0 Å². The molecule has 56 valence electrons. The lowest BCUT2D eigenvalue weighted by Crippen LogP contribution is -2.16. The maximum Gasteiger partial charge on any atom is 0.129 e. The molecule has 0 rings (SSSR count). The highest BCUT2D eigenvalue weighted by Gasteiger charge is 2.06. The van der Waals surface area contributed by atoms with E-state index >= 15 is 0 Å². The van der Waals surface area contributed by atoms with Gasteiger partial charge in [-0.05, 0) is 0 Å². The van der Waals surface area contributed by atoms with Crippen molar-refractivity contribution in [1.82, 2.24) is 0 Å². The Balaban J connectivity index is 3.70. The second-order valence-electron chi connectivity index (χ2n) is 3.05. The number of hydrogen-bond donors (Lipinski definition) is 1. The molecule has 0 bridgehead atoms. The van der Waals surface area contributed by atoms with Gasteiger partial charge in [-0.1, -0.05) is 19.6 Å². The largest absolute Gasteiger partial charge is 0.411 e. The fraction of sp³-hybridized carbons (Fsp3) is 0.571. The van der Waals surface area contributed by atoms with Crippen molar-refractivity contribution in [1.29, 1.82) is 0 Å². The molecule has 3 heteroatoms. The van der Waals surface area contributed by atoms with Crippen LogP contribution in [0.2, 0.25) is 19.6 Å². The Bertz CT molecular complexity index is 170. The smallest absolute Gasteiger partial charge is 0.129 e. The molecule has 0 saturated carbocycles. The van der Waals surface area contributed by atoms with E-state index in [0.717, 1.165) is 0 Å². The lowest BCUT2D eigenvalue weighted by Gasteiger charge is -2.02. The molecule has 0 aliphatic heterocycles. The van der Waals surface area contributed by atoms with Gasteiger partial charge in [-0.2, -0.15) is 0 Å². The zero-order chi connectivity index (χ0) is 8.04. The first-order valence-corrected chi connectivity index (χ1v) is 6.72. The van der Waals surface area contributed by atoms with Crippen molar-refractivity contribution >= 4 is 14.3 Å². The molecule has 0 aliphatic rings. The Hall–Kier alpha value is -0.753. The Morgan fingerprint density at radius 3 is 2.50 bits per heavy atom. The average Bonchev–Trinajstić information content (AvgIpc) is 1.78. The van der Waals surface area contributed by atoms with Crippen LogP contribution in [0, 0.1) is 11.5 Å². The zero-order valence-electron chi connectivity index (χ0n) is 6.68. The molecule has 0 aromatic heterocycles. The van der Waals surface area contributed by atoms with Crippen molar-refractivity contribution in [2.75, 3.05) is 0 Å². The standard InChI is InChI=1S/C7H13NOSi/c1-10(2,3)7-5-4-6-8-9/h6,9H,4H2,1-3H3. The molecular formula is C7H13NOSi. The van der Waals surface area contributed by atoms with Crippen LogP contribution in [0.15, 0.2) is 5.16 Å². The molecule has 2 nitrogen and oxygen atoms in total. The van der Waals surface area contributed by atoms with Crippen LogP contribution in [0.25, 0.3) is 0 Å². The van der Waals surface area contributed by atoms with Gasteiger partial charge in [0.25, 0.3) is 0 Å². The van der Waals surface area contributed by atoms with E-state index in [1.807, 2.05) is 0 Å². The summed E-state index contributed by atoms with van der Waals surface area (Å²) in [6.07, 6.45) is 1.95. The molecule has 0 saturated heterocycles. The summed E-state index contributed by atoms with van der Waals surface area (Å²) in [5, 5.41) is 10.9. The Kier molecular flexibility index (Phi) is 3.81. The third-order valence-corrected chi connectivity index (χ3v) is 1.67. The minimum atomic E-state index is -1.21. The predicted octanol–water partition coefficient (Wildman–Crippen LogP) is 1.72. The van der Waals surface area contributed by atoms with E-state index in [2.05, 4.69) is 36.3 Å². The van der Waals surface area contributed by atoms with Crippen molar-refractivity contribution in [3.05, 3.63) is 0 Å². The summed E-state index contributed by atoms with van der Waals surface area (Å²) in [5.74, 6) is 2.93. The summed E-state index contributed by atoms with van der Waals surface area (Å²) in [4.78, 5) is 0. The second kappa shape index (κ2) is 4.12. The van der Waals surface area contributed by atoms with Crippen LogP contribution in [0.3, 0.4) is 0 Å². The average molecular weight is 155 g/mol. The molecule has 10 heavy (non-hydrogen) atoms. The number of oxime groups is 1.